The van der Waals surface area contributed by atoms with Crippen LogP contribution in [-0.4, -0.2) is 43.5 Å². The molecule has 1 unspecified atom stereocenters. The van der Waals surface area contributed by atoms with Crippen molar-refractivity contribution in [2.24, 2.45) is 17.8 Å². The average Bonchev–Trinajstić information content (AvgIpc) is 3.32. The van der Waals surface area contributed by atoms with Crippen molar-refractivity contribution in [1.29, 1.82) is 0 Å². The van der Waals surface area contributed by atoms with Gasteiger partial charge in [0.05, 0.1) is 16.9 Å². The number of pyridine rings is 1. The summed E-state index contributed by atoms with van der Waals surface area (Å²) < 4.78 is 5.54. The molecule has 7 rings (SSSR count). The second-order valence-electron chi connectivity index (χ2n) is 10.4. The number of hydrogen-bond donors (Lipinski definition) is 4. The van der Waals surface area contributed by atoms with E-state index in [-0.39, 0.29) is 5.82 Å². The summed E-state index contributed by atoms with van der Waals surface area (Å²) in [7, 11) is 0. The lowest BCUT2D eigenvalue weighted by Crippen LogP contribution is -2.59. The Labute approximate surface area is 175 Å². The number of fused-ring (bicyclic) bond motifs is 1. The molecule has 30 heavy (non-hydrogen) atoms. The number of aliphatic hydroxyl groups is 2. The van der Waals surface area contributed by atoms with Gasteiger partial charge in [-0.2, -0.15) is 4.98 Å². The van der Waals surface area contributed by atoms with Gasteiger partial charge in [0.15, 0.2) is 0 Å². The molecule has 2 aromatic rings. The molecule has 0 radical (unpaired) electrons. The molecule has 4 saturated carbocycles. The van der Waals surface area contributed by atoms with E-state index in [4.69, 9.17) is 4.52 Å². The van der Waals surface area contributed by atoms with Crippen molar-refractivity contribution in [1.82, 2.24) is 15.1 Å². The van der Waals surface area contributed by atoms with E-state index < -0.39 is 11.2 Å². The van der Waals surface area contributed by atoms with Crippen LogP contribution in [-0.2, 0) is 12.0 Å². The third-order valence-electron chi connectivity index (χ3n) is 7.60. The van der Waals surface area contributed by atoms with Crippen LogP contribution in [0.2, 0.25) is 0 Å². The van der Waals surface area contributed by atoms with Crippen molar-refractivity contribution in [2.75, 3.05) is 17.2 Å². The molecule has 0 saturated heterocycles. The minimum Gasteiger partial charge on any atom is -0.390 e. The van der Waals surface area contributed by atoms with E-state index in [1.165, 1.54) is 12.8 Å². The lowest BCUT2D eigenvalue weighted by molar-refractivity contribution is -0.129. The van der Waals surface area contributed by atoms with Gasteiger partial charge in [-0.15, -0.1) is 0 Å². The van der Waals surface area contributed by atoms with Crippen molar-refractivity contribution in [2.45, 2.75) is 69.6 Å². The first-order valence-electron chi connectivity index (χ1n) is 11.1. The Balaban J connectivity index is 1.39. The van der Waals surface area contributed by atoms with E-state index in [1.54, 1.807) is 20.0 Å². The summed E-state index contributed by atoms with van der Waals surface area (Å²) >= 11 is 0. The van der Waals surface area contributed by atoms with Crippen LogP contribution in [0.4, 0.5) is 11.5 Å². The predicted octanol–water partition coefficient (Wildman–Crippen LogP) is 2.68. The largest absolute Gasteiger partial charge is 0.390 e. The highest BCUT2D eigenvalue weighted by Gasteiger charge is 2.55. The van der Waals surface area contributed by atoms with E-state index in [2.05, 4.69) is 25.8 Å². The van der Waals surface area contributed by atoms with Gasteiger partial charge < -0.3 is 25.4 Å². The number of nitrogens with zero attached hydrogens (tertiary/aromatic N) is 3. The summed E-state index contributed by atoms with van der Waals surface area (Å²) in [5.74, 6) is 3.19. The molecule has 0 aromatic carbocycles. The molecular formula is C22H29N5O3. The fourth-order valence-corrected chi connectivity index (χ4v) is 6.55. The van der Waals surface area contributed by atoms with E-state index in [0.717, 1.165) is 54.9 Å². The number of hydrogen-bond acceptors (Lipinski definition) is 8. The van der Waals surface area contributed by atoms with E-state index in [0.29, 0.717) is 29.7 Å². The van der Waals surface area contributed by atoms with Gasteiger partial charge in [0, 0.05) is 24.3 Å². The monoisotopic (exact) mass is 411 g/mol. The van der Waals surface area contributed by atoms with Crippen molar-refractivity contribution in [3.63, 3.8) is 0 Å². The van der Waals surface area contributed by atoms with Crippen molar-refractivity contribution in [3.8, 4) is 11.5 Å². The second kappa shape index (κ2) is 6.17. The lowest BCUT2D eigenvalue weighted by Gasteiger charge is -2.58. The fourth-order valence-electron chi connectivity index (χ4n) is 6.55. The molecule has 0 spiro atoms. The van der Waals surface area contributed by atoms with Crippen molar-refractivity contribution < 1.29 is 14.7 Å². The van der Waals surface area contributed by atoms with Gasteiger partial charge in [0.1, 0.15) is 11.4 Å². The van der Waals surface area contributed by atoms with Crippen LogP contribution in [0.3, 0.4) is 0 Å². The van der Waals surface area contributed by atoms with Crippen LogP contribution in [0.25, 0.3) is 11.5 Å². The molecule has 3 heterocycles. The van der Waals surface area contributed by atoms with Crippen LogP contribution in [0.1, 0.15) is 57.3 Å². The van der Waals surface area contributed by atoms with Crippen LogP contribution in [0.15, 0.2) is 10.7 Å². The zero-order chi connectivity index (χ0) is 20.7. The maximum atomic E-state index is 10.9. The van der Waals surface area contributed by atoms with Gasteiger partial charge in [-0.05, 0) is 70.1 Å². The van der Waals surface area contributed by atoms with Crippen LogP contribution >= 0.6 is 0 Å². The first kappa shape index (κ1) is 18.6. The van der Waals surface area contributed by atoms with Gasteiger partial charge in [-0.3, -0.25) is 0 Å². The molecule has 5 aliphatic rings. The standard InChI is InChI=1S/C22H29N5O3/c1-21(2,28)20-26-19(30-27-20)15-10-24-18-14(3-4-23-18)17(15)25-16-12-5-11-6-13(16)9-22(29,7-11)8-12/h10-13,16,28-29H,3-9H2,1-2H3,(H2,23,24,25)/t11?,12-,13+,16+,22-. The number of rotatable bonds is 4. The zero-order valence-electron chi connectivity index (χ0n) is 17.5. The Hall–Kier alpha value is -2.19. The van der Waals surface area contributed by atoms with E-state index >= 15 is 0 Å². The average molecular weight is 412 g/mol. The maximum absolute atomic E-state index is 10.9. The van der Waals surface area contributed by atoms with Gasteiger partial charge in [-0.1, -0.05) is 5.16 Å². The van der Waals surface area contributed by atoms with Crippen molar-refractivity contribution in [3.05, 3.63) is 17.6 Å². The predicted molar refractivity (Wildman–Crippen MR) is 111 cm³/mol. The Morgan fingerprint density at radius 2 is 2.00 bits per heavy atom. The summed E-state index contributed by atoms with van der Waals surface area (Å²) in [6.45, 7) is 4.15. The normalized spacial score (nSPS) is 34.1. The molecule has 4 fully saturated rings. The third-order valence-corrected chi connectivity index (χ3v) is 7.60. The molecule has 5 atom stereocenters. The Morgan fingerprint density at radius 1 is 1.23 bits per heavy atom. The molecular weight excluding hydrogens is 382 g/mol. The number of anilines is 2. The van der Waals surface area contributed by atoms with Crippen LogP contribution in [0, 0.1) is 17.8 Å². The highest BCUT2D eigenvalue weighted by atomic mass is 16.5. The number of nitrogens with one attached hydrogen (secondary N) is 2. The Bertz CT molecular complexity index is 981. The first-order valence-corrected chi connectivity index (χ1v) is 11.1. The summed E-state index contributed by atoms with van der Waals surface area (Å²) in [4.78, 5) is 9.05. The summed E-state index contributed by atoms with van der Waals surface area (Å²) in [5, 5.41) is 32.4. The topological polar surface area (TPSA) is 116 Å². The molecule has 8 heteroatoms. The molecule has 1 aliphatic heterocycles. The van der Waals surface area contributed by atoms with Crippen LogP contribution in [0.5, 0.6) is 0 Å². The van der Waals surface area contributed by atoms with Gasteiger partial charge >= 0.3 is 0 Å². The SMILES string of the molecule is CC(C)(O)c1noc(-c2cnc3c(c2N[C@H]2[C@@H]4CC5C[C@H]2C[C@@](O)(C5)C4)CCN3)n1. The number of aromatic nitrogens is 3. The van der Waals surface area contributed by atoms with E-state index in [1.807, 2.05) is 0 Å². The van der Waals surface area contributed by atoms with Crippen molar-refractivity contribution >= 4 is 11.5 Å². The maximum Gasteiger partial charge on any atom is 0.261 e. The molecule has 2 aromatic heterocycles. The molecule has 4 aliphatic carbocycles. The minimum atomic E-state index is -1.17. The Kier molecular flexibility index (Phi) is 3.82. The first-order chi connectivity index (χ1) is 14.3. The minimum absolute atomic E-state index is 0.263. The quantitative estimate of drug-likeness (QED) is 0.607. The zero-order valence-corrected chi connectivity index (χ0v) is 17.5. The van der Waals surface area contributed by atoms with Gasteiger partial charge in [-0.25, -0.2) is 4.98 Å². The molecule has 8 nitrogen and oxygen atoms in total. The Morgan fingerprint density at radius 3 is 2.67 bits per heavy atom. The summed E-state index contributed by atoms with van der Waals surface area (Å²) in [5.41, 5.74) is 1.34. The summed E-state index contributed by atoms with van der Waals surface area (Å²) in [6, 6.07) is 0.337. The van der Waals surface area contributed by atoms with Crippen LogP contribution < -0.4 is 10.6 Å². The summed E-state index contributed by atoms with van der Waals surface area (Å²) in [6.07, 6.45) is 7.82. The highest BCUT2D eigenvalue weighted by Crippen LogP contribution is 2.56. The fraction of sp³-hybridized carbons (Fsp3) is 0.682. The smallest absolute Gasteiger partial charge is 0.261 e. The van der Waals surface area contributed by atoms with Gasteiger partial charge in [0.2, 0.25) is 5.82 Å². The molecule has 160 valence electrons. The van der Waals surface area contributed by atoms with E-state index in [9.17, 15) is 10.2 Å². The third kappa shape index (κ3) is 2.84. The molecule has 0 amide bonds. The highest BCUT2D eigenvalue weighted by molar-refractivity contribution is 5.80. The molecule has 4 N–H and O–H groups in total. The second-order valence-corrected chi connectivity index (χ2v) is 10.4. The molecule has 4 bridgehead atoms. The lowest BCUT2D eigenvalue weighted by atomic mass is 9.52. The van der Waals surface area contributed by atoms with Gasteiger partial charge in [0.25, 0.3) is 5.89 Å².